The fourth-order valence-corrected chi connectivity index (χ4v) is 2.70. The molecule has 0 unspecified atom stereocenters. The van der Waals surface area contributed by atoms with Crippen LogP contribution < -0.4 is 5.32 Å². The van der Waals surface area contributed by atoms with Gasteiger partial charge >= 0.3 is 5.69 Å². The average Bonchev–Trinajstić information content (AvgIpc) is 3.08. The van der Waals surface area contributed by atoms with E-state index < -0.39 is 16.4 Å². The second-order valence-corrected chi connectivity index (χ2v) is 5.80. The molecule has 1 N–H and O–H groups in total. The Morgan fingerprint density at radius 3 is 2.78 bits per heavy atom. The Morgan fingerprint density at radius 1 is 1.19 bits per heavy atom. The molecule has 11 heteroatoms. The van der Waals surface area contributed by atoms with E-state index in [4.69, 9.17) is 11.6 Å². The minimum absolute atomic E-state index is 0.0561. The highest BCUT2D eigenvalue weighted by molar-refractivity contribution is 6.31. The number of nitrogens with zero attached hydrogens (tertiary/aromatic N) is 6. The lowest BCUT2D eigenvalue weighted by Gasteiger charge is -2.09. The molecule has 0 saturated carbocycles. The Hall–Kier alpha value is -3.66. The summed E-state index contributed by atoms with van der Waals surface area (Å²) in [6.45, 7) is 0. The van der Waals surface area contributed by atoms with Gasteiger partial charge in [-0.25, -0.2) is 14.4 Å². The second-order valence-electron chi connectivity index (χ2n) is 5.40. The van der Waals surface area contributed by atoms with Crippen molar-refractivity contribution < 1.29 is 9.31 Å². The number of hydrogen-bond donors (Lipinski definition) is 1. The zero-order valence-electron chi connectivity index (χ0n) is 13.4. The molecule has 0 radical (unpaired) electrons. The SMILES string of the molecule is O=[N+]([O-])c1c(Nc2ccc(F)c(Cl)c2)ncnc1-n1nnc2ccccc21. The summed E-state index contributed by atoms with van der Waals surface area (Å²) in [5.41, 5.74) is 1.03. The van der Waals surface area contributed by atoms with E-state index in [0.717, 1.165) is 12.4 Å². The van der Waals surface area contributed by atoms with Gasteiger partial charge in [-0.2, -0.15) is 4.68 Å². The second kappa shape index (κ2) is 6.57. The molecule has 27 heavy (non-hydrogen) atoms. The van der Waals surface area contributed by atoms with E-state index in [0.29, 0.717) is 16.7 Å². The van der Waals surface area contributed by atoms with E-state index in [1.807, 2.05) is 0 Å². The summed E-state index contributed by atoms with van der Waals surface area (Å²) in [5, 5.41) is 22.3. The summed E-state index contributed by atoms with van der Waals surface area (Å²) in [5.74, 6) is -0.749. The first-order valence-electron chi connectivity index (χ1n) is 7.57. The first-order valence-corrected chi connectivity index (χ1v) is 7.94. The fraction of sp³-hybridized carbons (Fsp3) is 0. The lowest BCUT2D eigenvalue weighted by atomic mass is 10.3. The maximum atomic E-state index is 13.3. The van der Waals surface area contributed by atoms with E-state index in [9.17, 15) is 14.5 Å². The van der Waals surface area contributed by atoms with Crippen LogP contribution in [0.4, 0.5) is 21.6 Å². The van der Waals surface area contributed by atoms with Gasteiger partial charge in [0.1, 0.15) is 17.7 Å². The van der Waals surface area contributed by atoms with E-state index in [1.165, 1.54) is 16.8 Å². The van der Waals surface area contributed by atoms with Gasteiger partial charge in [-0.3, -0.25) is 10.1 Å². The van der Waals surface area contributed by atoms with Gasteiger partial charge in [0.15, 0.2) is 0 Å². The topological polar surface area (TPSA) is 112 Å². The summed E-state index contributed by atoms with van der Waals surface area (Å²) in [7, 11) is 0. The van der Waals surface area contributed by atoms with Gasteiger partial charge in [-0.05, 0) is 30.3 Å². The molecule has 0 aliphatic carbocycles. The number of anilines is 2. The van der Waals surface area contributed by atoms with E-state index in [-0.39, 0.29) is 16.7 Å². The lowest BCUT2D eigenvalue weighted by molar-refractivity contribution is -0.384. The van der Waals surface area contributed by atoms with Crippen molar-refractivity contribution in [1.29, 1.82) is 0 Å². The first kappa shape index (κ1) is 16.8. The molecule has 2 aromatic carbocycles. The summed E-state index contributed by atoms with van der Waals surface area (Å²) < 4.78 is 14.6. The maximum absolute atomic E-state index is 13.3. The highest BCUT2D eigenvalue weighted by Gasteiger charge is 2.26. The van der Waals surface area contributed by atoms with E-state index >= 15 is 0 Å². The molecule has 0 aliphatic rings. The van der Waals surface area contributed by atoms with Crippen molar-refractivity contribution >= 4 is 39.8 Å². The third-order valence-electron chi connectivity index (χ3n) is 3.72. The average molecular weight is 386 g/mol. The molecule has 0 fully saturated rings. The van der Waals surface area contributed by atoms with E-state index in [2.05, 4.69) is 25.6 Å². The van der Waals surface area contributed by atoms with Crippen LogP contribution in [0.1, 0.15) is 0 Å². The molecule has 0 saturated heterocycles. The van der Waals surface area contributed by atoms with Crippen molar-refractivity contribution in [2.45, 2.75) is 0 Å². The zero-order chi connectivity index (χ0) is 19.0. The Labute approximate surface area is 155 Å². The Morgan fingerprint density at radius 2 is 2.00 bits per heavy atom. The Bertz CT molecular complexity index is 1180. The molecule has 2 aromatic heterocycles. The highest BCUT2D eigenvalue weighted by atomic mass is 35.5. The lowest BCUT2D eigenvalue weighted by Crippen LogP contribution is -2.09. The number of rotatable bonds is 4. The fourth-order valence-electron chi connectivity index (χ4n) is 2.52. The van der Waals surface area contributed by atoms with Crippen molar-refractivity contribution in [2.24, 2.45) is 0 Å². The number of benzene rings is 2. The van der Waals surface area contributed by atoms with Gasteiger partial charge in [-0.1, -0.05) is 28.9 Å². The predicted octanol–water partition coefficient (Wildman–Crippen LogP) is 3.65. The van der Waals surface area contributed by atoms with Crippen molar-refractivity contribution in [2.75, 3.05) is 5.32 Å². The number of fused-ring (bicyclic) bond motifs is 1. The Kier molecular flexibility index (Phi) is 4.09. The molecule has 0 aliphatic heterocycles. The van der Waals surface area contributed by atoms with Gasteiger partial charge in [-0.15, -0.1) is 5.10 Å². The molecule has 0 amide bonds. The van der Waals surface area contributed by atoms with Crippen LogP contribution in [0.3, 0.4) is 0 Å². The van der Waals surface area contributed by atoms with Crippen LogP contribution in [0.2, 0.25) is 5.02 Å². The van der Waals surface area contributed by atoms with Crippen molar-refractivity contribution in [3.63, 3.8) is 0 Å². The quantitative estimate of drug-likeness (QED) is 0.421. The number of halogens is 2. The maximum Gasteiger partial charge on any atom is 0.356 e. The van der Waals surface area contributed by atoms with Gasteiger partial charge in [0, 0.05) is 5.69 Å². The smallest absolute Gasteiger partial charge is 0.334 e. The Balaban J connectivity index is 1.85. The highest BCUT2D eigenvalue weighted by Crippen LogP contribution is 2.32. The predicted molar refractivity (Wildman–Crippen MR) is 95.8 cm³/mol. The molecule has 4 rings (SSSR count). The van der Waals surface area contributed by atoms with Gasteiger partial charge in [0.2, 0.25) is 11.6 Å². The molecular formula is C16H9ClFN7O2. The van der Waals surface area contributed by atoms with Crippen LogP contribution in [-0.4, -0.2) is 29.9 Å². The summed E-state index contributed by atoms with van der Waals surface area (Å²) in [6.07, 6.45) is 1.16. The van der Waals surface area contributed by atoms with Crippen LogP contribution in [0, 0.1) is 15.9 Å². The first-order chi connectivity index (χ1) is 13.0. The monoisotopic (exact) mass is 385 g/mol. The van der Waals surface area contributed by atoms with Gasteiger partial charge in [0.05, 0.1) is 15.5 Å². The van der Waals surface area contributed by atoms with Crippen LogP contribution in [0.25, 0.3) is 16.9 Å². The molecule has 0 bridgehead atoms. The van der Waals surface area contributed by atoms with Gasteiger partial charge < -0.3 is 5.32 Å². The number of aromatic nitrogens is 5. The van der Waals surface area contributed by atoms with Crippen LogP contribution >= 0.6 is 11.6 Å². The van der Waals surface area contributed by atoms with Crippen molar-refractivity contribution in [1.82, 2.24) is 25.0 Å². The number of nitro groups is 1. The number of para-hydroxylation sites is 1. The zero-order valence-corrected chi connectivity index (χ0v) is 14.1. The normalized spacial score (nSPS) is 10.9. The van der Waals surface area contributed by atoms with Crippen LogP contribution in [0.15, 0.2) is 48.8 Å². The molecular weight excluding hydrogens is 377 g/mol. The van der Waals surface area contributed by atoms with Crippen LogP contribution in [-0.2, 0) is 0 Å². The van der Waals surface area contributed by atoms with Crippen LogP contribution in [0.5, 0.6) is 0 Å². The van der Waals surface area contributed by atoms with Crippen molar-refractivity contribution in [3.8, 4) is 5.82 Å². The molecule has 0 spiro atoms. The summed E-state index contributed by atoms with van der Waals surface area (Å²) in [6, 6.07) is 10.8. The number of hydrogen-bond acceptors (Lipinski definition) is 7. The molecule has 9 nitrogen and oxygen atoms in total. The minimum atomic E-state index is -0.626. The molecule has 2 heterocycles. The molecule has 134 valence electrons. The third kappa shape index (κ3) is 3.02. The van der Waals surface area contributed by atoms with Gasteiger partial charge in [0.25, 0.3) is 0 Å². The largest absolute Gasteiger partial charge is 0.356 e. The summed E-state index contributed by atoms with van der Waals surface area (Å²) >= 11 is 5.76. The standard InChI is InChI=1S/C16H9ClFN7O2/c17-10-7-9(5-6-11(10)18)21-15-14(25(26)27)16(20-8-19-15)24-13-4-2-1-3-12(13)22-23-24/h1-8H,(H,19,20,21). The number of nitrogens with one attached hydrogen (secondary N) is 1. The minimum Gasteiger partial charge on any atom is -0.334 e. The summed E-state index contributed by atoms with van der Waals surface area (Å²) in [4.78, 5) is 19.0. The van der Waals surface area contributed by atoms with Crippen molar-refractivity contribution in [3.05, 3.63) is 69.7 Å². The molecule has 0 atom stereocenters. The van der Waals surface area contributed by atoms with E-state index in [1.54, 1.807) is 24.3 Å². The third-order valence-corrected chi connectivity index (χ3v) is 4.01. The molecule has 4 aromatic rings.